The van der Waals surface area contributed by atoms with Gasteiger partial charge in [0.2, 0.25) is 0 Å². The Morgan fingerprint density at radius 3 is 2.61 bits per heavy atom. The quantitative estimate of drug-likeness (QED) is 0.0688. The number of hydrogen-bond donors (Lipinski definition) is 0. The second-order valence-corrected chi connectivity index (χ2v) is 8.85. The number of benzene rings is 2. The van der Waals surface area contributed by atoms with Crippen LogP contribution in [0.5, 0.6) is 5.75 Å². The molecule has 0 aliphatic rings. The van der Waals surface area contributed by atoms with Gasteiger partial charge in [0.1, 0.15) is 12.4 Å². The molecular weight excluding hydrogens is 438 g/mol. The Balaban J connectivity index is 2.01. The third-order valence-electron chi connectivity index (χ3n) is 4.09. The first-order valence-electron chi connectivity index (χ1n) is 9.37. The Morgan fingerprint density at radius 1 is 1.10 bits per heavy atom. The van der Waals surface area contributed by atoms with Crippen molar-refractivity contribution in [3.05, 3.63) is 69.6 Å². The molecule has 0 saturated heterocycles. The van der Waals surface area contributed by atoms with Crippen LogP contribution in [0.25, 0.3) is 10.4 Å². The van der Waals surface area contributed by atoms with Gasteiger partial charge in [0.05, 0.1) is 13.5 Å². The molecule has 166 valence electrons. The van der Waals surface area contributed by atoms with Crippen molar-refractivity contribution in [1.29, 1.82) is 0 Å². The molecule has 0 unspecified atom stereocenters. The molecule has 0 heterocycles. The largest absolute Gasteiger partial charge is 0.489 e. The van der Waals surface area contributed by atoms with E-state index in [2.05, 4.69) is 14.8 Å². The molecule has 31 heavy (non-hydrogen) atoms. The zero-order valence-corrected chi connectivity index (χ0v) is 19.3. The summed E-state index contributed by atoms with van der Waals surface area (Å²) < 4.78 is 21.2. The van der Waals surface area contributed by atoms with Crippen molar-refractivity contribution in [2.75, 3.05) is 27.1 Å². The van der Waals surface area contributed by atoms with Gasteiger partial charge in [-0.2, -0.15) is 0 Å². The van der Waals surface area contributed by atoms with Crippen LogP contribution in [0.2, 0.25) is 0 Å². The van der Waals surface area contributed by atoms with Gasteiger partial charge in [-0.25, -0.2) is 0 Å². The minimum atomic E-state index is -0.437. The van der Waals surface area contributed by atoms with Crippen LogP contribution < -0.4 is 4.74 Å². The molecule has 0 radical (unpaired) electrons. The maximum absolute atomic E-state index is 11.2. The van der Waals surface area contributed by atoms with Gasteiger partial charge < -0.3 is 18.9 Å². The Kier molecular flexibility index (Phi) is 11.1. The third-order valence-corrected chi connectivity index (χ3v) is 6.44. The topological polar surface area (TPSA) is 103 Å². The van der Waals surface area contributed by atoms with Gasteiger partial charge in [-0.05, 0) is 40.9 Å². The summed E-state index contributed by atoms with van der Waals surface area (Å²) >= 11 is 0. The van der Waals surface area contributed by atoms with Crippen molar-refractivity contribution in [2.24, 2.45) is 5.11 Å². The molecule has 10 heteroatoms. The minimum absolute atomic E-state index is 0.222. The van der Waals surface area contributed by atoms with Crippen LogP contribution in [0.1, 0.15) is 29.4 Å². The van der Waals surface area contributed by atoms with Gasteiger partial charge in [0.15, 0.2) is 6.29 Å². The smallest absolute Gasteiger partial charge is 0.306 e. The SMILES string of the molecule is COC(=O)CCSSCc1cc(N=[N+]=[N-])cc(OCc2cccc(C(OC)OC)c2)c1. The molecule has 2 aromatic rings. The highest BCUT2D eigenvalue weighted by molar-refractivity contribution is 8.76. The zero-order valence-electron chi connectivity index (χ0n) is 17.6. The van der Waals surface area contributed by atoms with Gasteiger partial charge >= 0.3 is 5.97 Å². The van der Waals surface area contributed by atoms with Crippen molar-refractivity contribution in [3.63, 3.8) is 0 Å². The molecule has 0 aliphatic heterocycles. The lowest BCUT2D eigenvalue weighted by Crippen LogP contribution is -2.05. The summed E-state index contributed by atoms with van der Waals surface area (Å²) in [6.07, 6.45) is -0.0681. The maximum atomic E-state index is 11.2. The number of hydrogen-bond acceptors (Lipinski definition) is 8. The Bertz CT molecular complexity index is 902. The van der Waals surface area contributed by atoms with E-state index in [0.29, 0.717) is 36.0 Å². The van der Waals surface area contributed by atoms with Crippen LogP contribution in [-0.4, -0.2) is 33.1 Å². The third kappa shape index (κ3) is 8.72. The highest BCUT2D eigenvalue weighted by atomic mass is 33.1. The van der Waals surface area contributed by atoms with E-state index in [1.165, 1.54) is 7.11 Å². The molecule has 0 fully saturated rings. The van der Waals surface area contributed by atoms with Crippen LogP contribution in [0.4, 0.5) is 5.69 Å². The van der Waals surface area contributed by atoms with E-state index in [1.54, 1.807) is 41.9 Å². The van der Waals surface area contributed by atoms with Gasteiger partial charge in [0.25, 0.3) is 0 Å². The fourth-order valence-electron chi connectivity index (χ4n) is 2.68. The van der Waals surface area contributed by atoms with Gasteiger partial charge in [-0.15, -0.1) is 0 Å². The summed E-state index contributed by atoms with van der Waals surface area (Å²) in [6.45, 7) is 0.341. The average Bonchev–Trinajstić information content (AvgIpc) is 2.78. The van der Waals surface area contributed by atoms with E-state index in [4.69, 9.17) is 19.7 Å². The van der Waals surface area contributed by atoms with Crippen molar-refractivity contribution < 1.29 is 23.7 Å². The van der Waals surface area contributed by atoms with Gasteiger partial charge in [-0.3, -0.25) is 4.79 Å². The Morgan fingerprint density at radius 2 is 1.90 bits per heavy atom. The van der Waals surface area contributed by atoms with E-state index in [-0.39, 0.29) is 5.97 Å². The summed E-state index contributed by atoms with van der Waals surface area (Å²) in [4.78, 5) is 14.0. The second-order valence-electron chi connectivity index (χ2n) is 6.27. The first-order valence-corrected chi connectivity index (χ1v) is 11.9. The van der Waals surface area contributed by atoms with Crippen molar-refractivity contribution in [3.8, 4) is 5.75 Å². The lowest BCUT2D eigenvalue weighted by atomic mass is 10.1. The van der Waals surface area contributed by atoms with Crippen LogP contribution >= 0.6 is 21.6 Å². The summed E-state index contributed by atoms with van der Waals surface area (Å²) in [5.41, 5.74) is 12.1. The fraction of sp³-hybridized carbons (Fsp3) is 0.381. The molecular formula is C21H25N3O5S2. The molecule has 2 rings (SSSR count). The van der Waals surface area contributed by atoms with Gasteiger partial charge in [0, 0.05) is 41.9 Å². The maximum Gasteiger partial charge on any atom is 0.306 e. The van der Waals surface area contributed by atoms with E-state index in [0.717, 1.165) is 16.7 Å². The standard InChI is InChI=1S/C21H25N3O5S2/c1-26-20(25)7-8-30-31-14-16-10-18(23-24-22)12-19(11-16)29-13-15-5-4-6-17(9-15)21(27-2)28-3/h4-6,9-12,21H,7-8,13-14H2,1-3H3. The number of nitrogens with zero attached hydrogens (tertiary/aromatic N) is 3. The molecule has 0 atom stereocenters. The first-order chi connectivity index (χ1) is 15.1. The monoisotopic (exact) mass is 463 g/mol. The number of carbonyl (C=O) groups excluding carboxylic acids is 1. The Labute approximate surface area is 189 Å². The highest BCUT2D eigenvalue weighted by Crippen LogP contribution is 2.31. The number of azide groups is 1. The minimum Gasteiger partial charge on any atom is -0.489 e. The lowest BCUT2D eigenvalue weighted by Gasteiger charge is -2.15. The van der Waals surface area contributed by atoms with Crippen molar-refractivity contribution in [2.45, 2.75) is 25.1 Å². The number of esters is 1. The van der Waals surface area contributed by atoms with Gasteiger partial charge in [-0.1, -0.05) is 44.9 Å². The fourth-order valence-corrected chi connectivity index (χ4v) is 4.70. The second kappa shape index (κ2) is 13.8. The predicted octanol–water partition coefficient (Wildman–Crippen LogP) is 5.94. The molecule has 2 aromatic carbocycles. The summed E-state index contributed by atoms with van der Waals surface area (Å²) in [6, 6.07) is 13.2. The van der Waals surface area contributed by atoms with Crippen LogP contribution in [-0.2, 0) is 31.4 Å². The predicted molar refractivity (Wildman–Crippen MR) is 123 cm³/mol. The highest BCUT2D eigenvalue weighted by Gasteiger charge is 2.10. The number of rotatable bonds is 13. The first kappa shape index (κ1) is 24.9. The average molecular weight is 464 g/mol. The summed E-state index contributed by atoms with van der Waals surface area (Å²) in [7, 11) is 7.75. The normalized spacial score (nSPS) is 10.6. The lowest BCUT2D eigenvalue weighted by molar-refractivity contribution is -0.140. The van der Waals surface area contributed by atoms with Crippen molar-refractivity contribution in [1.82, 2.24) is 0 Å². The van der Waals surface area contributed by atoms with Crippen molar-refractivity contribution >= 4 is 33.2 Å². The summed E-state index contributed by atoms with van der Waals surface area (Å²) in [5.74, 6) is 1.73. The molecule has 0 bridgehead atoms. The number of carbonyl (C=O) groups is 1. The molecule has 0 saturated carbocycles. The summed E-state index contributed by atoms with van der Waals surface area (Å²) in [5, 5.41) is 3.71. The zero-order chi connectivity index (χ0) is 22.5. The van der Waals surface area contributed by atoms with E-state index >= 15 is 0 Å². The van der Waals surface area contributed by atoms with E-state index in [9.17, 15) is 4.79 Å². The molecule has 8 nitrogen and oxygen atoms in total. The molecule has 0 amide bonds. The number of ether oxygens (including phenoxy) is 4. The van der Waals surface area contributed by atoms with E-state index in [1.807, 2.05) is 36.4 Å². The van der Waals surface area contributed by atoms with Crippen LogP contribution in [0.15, 0.2) is 47.6 Å². The molecule has 0 spiro atoms. The number of methoxy groups -OCH3 is 3. The van der Waals surface area contributed by atoms with E-state index < -0.39 is 6.29 Å². The molecule has 0 aromatic heterocycles. The molecule has 0 N–H and O–H groups in total. The van der Waals surface area contributed by atoms with Crippen LogP contribution in [0.3, 0.4) is 0 Å². The molecule has 0 aliphatic carbocycles. The van der Waals surface area contributed by atoms with Crippen LogP contribution in [0, 0.1) is 0 Å². The Hall–Kier alpha value is -2.36.